The lowest BCUT2D eigenvalue weighted by molar-refractivity contribution is -0.138. The highest BCUT2D eigenvalue weighted by molar-refractivity contribution is 5.12. The first-order chi connectivity index (χ1) is 6.02. The molecule has 1 aromatic heterocycles. The summed E-state index contributed by atoms with van der Waals surface area (Å²) in [5, 5.41) is 0. The number of hydrogen-bond donors (Lipinski definition) is 1. The summed E-state index contributed by atoms with van der Waals surface area (Å²) in [7, 11) is 0. The Kier molecular flexibility index (Phi) is 4.23. The summed E-state index contributed by atoms with van der Waals surface area (Å²) in [4.78, 5) is 12.4. The van der Waals surface area contributed by atoms with Gasteiger partial charge < -0.3 is 4.98 Å². The van der Waals surface area contributed by atoms with E-state index in [0.29, 0.717) is 0 Å². The minimum Gasteiger partial charge on any atom is -0.329 e. The highest BCUT2D eigenvalue weighted by atomic mass is 19.4. The topological polar surface area (TPSA) is 32.9 Å². The molecule has 13 heavy (non-hydrogen) atoms. The van der Waals surface area contributed by atoms with Crippen molar-refractivity contribution in [1.29, 1.82) is 0 Å². The Hall–Kier alpha value is -1.26. The number of pyridine rings is 1. The molecule has 74 valence electrons. The fraction of sp³-hybridized carbons (Fsp3) is 0.375. The molecule has 0 aliphatic heterocycles. The van der Waals surface area contributed by atoms with E-state index in [1.807, 2.05) is 18.8 Å². The number of aromatic nitrogens is 1. The van der Waals surface area contributed by atoms with Crippen LogP contribution in [0.1, 0.15) is 19.4 Å². The first-order valence-corrected chi connectivity index (χ1v) is 3.77. The minimum absolute atomic E-state index is 0.735. The molecule has 0 saturated heterocycles. The van der Waals surface area contributed by atoms with E-state index in [9.17, 15) is 18.0 Å². The molecular weight excluding hydrogens is 183 g/mol. The van der Waals surface area contributed by atoms with Crippen LogP contribution in [0.5, 0.6) is 0 Å². The molecule has 0 unspecified atom stereocenters. The Bertz CT molecular complexity index is 303. The number of nitrogens with one attached hydrogen (secondary N) is 1. The van der Waals surface area contributed by atoms with E-state index < -0.39 is 17.3 Å². The summed E-state index contributed by atoms with van der Waals surface area (Å²) < 4.78 is 35.5. The molecule has 1 aromatic rings. The summed E-state index contributed by atoms with van der Waals surface area (Å²) in [5.74, 6) is 0. The van der Waals surface area contributed by atoms with Crippen LogP contribution in [-0.4, -0.2) is 4.98 Å². The second kappa shape index (κ2) is 4.69. The summed E-state index contributed by atoms with van der Waals surface area (Å²) in [6, 6.07) is 1.86. The lowest BCUT2D eigenvalue weighted by Gasteiger charge is -2.02. The van der Waals surface area contributed by atoms with Gasteiger partial charge in [0.1, 0.15) is 5.56 Å². The molecule has 0 aliphatic rings. The van der Waals surface area contributed by atoms with Crippen LogP contribution in [-0.2, 0) is 6.18 Å². The van der Waals surface area contributed by atoms with Crippen molar-refractivity contribution in [2.24, 2.45) is 0 Å². The van der Waals surface area contributed by atoms with Crippen molar-refractivity contribution in [2.45, 2.75) is 20.0 Å². The van der Waals surface area contributed by atoms with Gasteiger partial charge in [-0.25, -0.2) is 0 Å². The molecule has 0 amide bonds. The molecule has 0 saturated carbocycles. The lowest BCUT2D eigenvalue weighted by atomic mass is 10.3. The zero-order valence-electron chi connectivity index (χ0n) is 7.27. The summed E-state index contributed by atoms with van der Waals surface area (Å²) in [6.45, 7) is 4.00. The second-order valence-corrected chi connectivity index (χ2v) is 1.91. The number of alkyl halides is 3. The maximum Gasteiger partial charge on any atom is 0.421 e. The van der Waals surface area contributed by atoms with E-state index in [-0.39, 0.29) is 0 Å². The third-order valence-corrected chi connectivity index (χ3v) is 1.12. The number of halogens is 3. The molecule has 0 fully saturated rings. The molecule has 0 spiro atoms. The zero-order chi connectivity index (χ0) is 10.5. The smallest absolute Gasteiger partial charge is 0.329 e. The van der Waals surface area contributed by atoms with Crippen molar-refractivity contribution >= 4 is 0 Å². The van der Waals surface area contributed by atoms with Crippen LogP contribution in [0.15, 0.2) is 23.1 Å². The zero-order valence-corrected chi connectivity index (χ0v) is 7.27. The van der Waals surface area contributed by atoms with Crippen LogP contribution < -0.4 is 5.56 Å². The Labute approximate surface area is 73.4 Å². The van der Waals surface area contributed by atoms with E-state index in [4.69, 9.17) is 0 Å². The van der Waals surface area contributed by atoms with Crippen molar-refractivity contribution in [2.75, 3.05) is 0 Å². The molecule has 0 atom stereocenters. The Morgan fingerprint density at radius 3 is 2.15 bits per heavy atom. The predicted octanol–water partition coefficient (Wildman–Crippen LogP) is 2.42. The van der Waals surface area contributed by atoms with Crippen molar-refractivity contribution < 1.29 is 13.2 Å². The molecule has 5 heteroatoms. The Balaban J connectivity index is 0.000000671. The fourth-order valence-corrected chi connectivity index (χ4v) is 0.645. The molecule has 0 aliphatic carbocycles. The van der Waals surface area contributed by atoms with E-state index in [1.54, 1.807) is 0 Å². The van der Waals surface area contributed by atoms with E-state index in [2.05, 4.69) is 0 Å². The molecule has 1 rings (SSSR count). The van der Waals surface area contributed by atoms with E-state index >= 15 is 0 Å². The third-order valence-electron chi connectivity index (χ3n) is 1.12. The van der Waals surface area contributed by atoms with Crippen LogP contribution in [0.4, 0.5) is 13.2 Å². The van der Waals surface area contributed by atoms with Gasteiger partial charge in [-0.2, -0.15) is 13.2 Å². The van der Waals surface area contributed by atoms with Gasteiger partial charge in [-0.3, -0.25) is 4.79 Å². The maximum atomic E-state index is 11.8. The van der Waals surface area contributed by atoms with Gasteiger partial charge in [0, 0.05) is 6.20 Å². The van der Waals surface area contributed by atoms with Gasteiger partial charge in [-0.1, -0.05) is 13.8 Å². The summed E-state index contributed by atoms with van der Waals surface area (Å²) in [5.41, 5.74) is -2.28. The van der Waals surface area contributed by atoms with Crippen LogP contribution in [0.3, 0.4) is 0 Å². The van der Waals surface area contributed by atoms with Gasteiger partial charge in [0.2, 0.25) is 0 Å². The molecule has 0 radical (unpaired) electrons. The quantitative estimate of drug-likeness (QED) is 0.674. The summed E-state index contributed by atoms with van der Waals surface area (Å²) in [6.07, 6.45) is -3.41. The average Bonchev–Trinajstić information content (AvgIpc) is 2.07. The first kappa shape index (κ1) is 11.7. The number of hydrogen-bond acceptors (Lipinski definition) is 1. The third kappa shape index (κ3) is 3.31. The minimum atomic E-state index is -4.56. The fourth-order valence-electron chi connectivity index (χ4n) is 0.645. The SMILES string of the molecule is CC.O=c1[nH]cccc1C(F)(F)F. The van der Waals surface area contributed by atoms with Crippen molar-refractivity contribution in [1.82, 2.24) is 4.98 Å². The summed E-state index contributed by atoms with van der Waals surface area (Å²) >= 11 is 0. The molecule has 0 bridgehead atoms. The Morgan fingerprint density at radius 1 is 1.31 bits per heavy atom. The largest absolute Gasteiger partial charge is 0.421 e. The highest BCUT2D eigenvalue weighted by Gasteiger charge is 2.33. The van der Waals surface area contributed by atoms with Gasteiger partial charge in [-0.15, -0.1) is 0 Å². The lowest BCUT2D eigenvalue weighted by Crippen LogP contribution is -2.20. The van der Waals surface area contributed by atoms with E-state index in [1.165, 1.54) is 0 Å². The van der Waals surface area contributed by atoms with Crippen molar-refractivity contribution in [3.8, 4) is 0 Å². The van der Waals surface area contributed by atoms with Crippen LogP contribution in [0.25, 0.3) is 0 Å². The van der Waals surface area contributed by atoms with Gasteiger partial charge in [0.15, 0.2) is 0 Å². The van der Waals surface area contributed by atoms with Gasteiger partial charge in [0.25, 0.3) is 5.56 Å². The van der Waals surface area contributed by atoms with Crippen LogP contribution >= 0.6 is 0 Å². The van der Waals surface area contributed by atoms with Gasteiger partial charge >= 0.3 is 6.18 Å². The van der Waals surface area contributed by atoms with Gasteiger partial charge in [-0.05, 0) is 12.1 Å². The van der Waals surface area contributed by atoms with Crippen LogP contribution in [0.2, 0.25) is 0 Å². The highest BCUT2D eigenvalue weighted by Crippen LogP contribution is 2.25. The number of rotatable bonds is 0. The number of H-pyrrole nitrogens is 1. The number of aromatic amines is 1. The first-order valence-electron chi connectivity index (χ1n) is 3.77. The van der Waals surface area contributed by atoms with Crippen molar-refractivity contribution in [3.63, 3.8) is 0 Å². The standard InChI is InChI=1S/C6H4F3NO.C2H6/c7-6(8,9)4-2-1-3-10-5(4)11;1-2/h1-3H,(H,10,11);1-2H3. The maximum absolute atomic E-state index is 11.8. The monoisotopic (exact) mass is 193 g/mol. The van der Waals surface area contributed by atoms with Crippen molar-refractivity contribution in [3.05, 3.63) is 34.2 Å². The average molecular weight is 193 g/mol. The molecular formula is C8H10F3NO. The normalized spacial score (nSPS) is 10.2. The van der Waals surface area contributed by atoms with Gasteiger partial charge in [0.05, 0.1) is 0 Å². The second-order valence-electron chi connectivity index (χ2n) is 1.91. The molecule has 1 N–H and O–H groups in total. The predicted molar refractivity (Wildman–Crippen MR) is 43.4 cm³/mol. The molecule has 2 nitrogen and oxygen atoms in total. The Morgan fingerprint density at radius 2 is 1.85 bits per heavy atom. The molecule has 1 heterocycles. The van der Waals surface area contributed by atoms with E-state index in [0.717, 1.165) is 18.3 Å². The molecule has 0 aromatic carbocycles. The van der Waals surface area contributed by atoms with Crippen LogP contribution in [0, 0.1) is 0 Å².